The maximum atomic E-state index is 8.82. The number of hydrogen-bond donors (Lipinski definition) is 3. The maximum Gasteiger partial charge on any atom is 0.0625 e. The number of halogens is 1. The zero-order valence-electron chi connectivity index (χ0n) is 6.50. The van der Waals surface area contributed by atoms with Crippen LogP contribution in [0.15, 0.2) is 18.2 Å². The minimum atomic E-state index is -0.375. The van der Waals surface area contributed by atoms with Gasteiger partial charge in [-0.05, 0) is 46.4 Å². The Labute approximate surface area is 84.9 Å². The molecule has 0 heterocycles. The summed E-state index contributed by atoms with van der Waals surface area (Å²) in [5, 5.41) is 8.82. The van der Waals surface area contributed by atoms with E-state index < -0.39 is 0 Å². The van der Waals surface area contributed by atoms with E-state index in [0.717, 1.165) is 9.13 Å². The average Bonchev–Trinajstić information content (AvgIpc) is 2.08. The second-order valence-electron chi connectivity index (χ2n) is 2.56. The normalized spacial score (nSPS) is 12.9. The Kier molecular flexibility index (Phi) is 3.30. The molecule has 1 unspecified atom stereocenters. The van der Waals surface area contributed by atoms with E-state index >= 15 is 0 Å². The third-order valence-electron chi connectivity index (χ3n) is 1.65. The predicted octanol–water partition coefficient (Wildman–Crippen LogP) is 0.866. The summed E-state index contributed by atoms with van der Waals surface area (Å²) in [4.78, 5) is 0. The fraction of sp³-hybridized carbons (Fsp3) is 0.250. The van der Waals surface area contributed by atoms with Crippen LogP contribution in [-0.4, -0.2) is 11.7 Å². The third kappa shape index (κ3) is 2.09. The van der Waals surface area contributed by atoms with Crippen molar-refractivity contribution in [3.05, 3.63) is 27.3 Å². The largest absolute Gasteiger partial charge is 0.398 e. The lowest BCUT2D eigenvalue weighted by molar-refractivity contribution is 0.268. The second-order valence-corrected chi connectivity index (χ2v) is 3.81. The van der Waals surface area contributed by atoms with E-state index in [1.165, 1.54) is 0 Å². The van der Waals surface area contributed by atoms with Gasteiger partial charge in [0.25, 0.3) is 0 Å². The second kappa shape index (κ2) is 4.06. The SMILES string of the molecule is Nc1ccc(I)cc1C(N)CO. The van der Waals surface area contributed by atoms with Crippen molar-refractivity contribution < 1.29 is 5.11 Å². The number of aliphatic hydroxyl groups excluding tert-OH is 1. The molecule has 0 spiro atoms. The number of nitrogen functional groups attached to an aromatic ring is 1. The molecule has 0 aliphatic rings. The van der Waals surface area contributed by atoms with Gasteiger partial charge in [-0.2, -0.15) is 0 Å². The first-order chi connectivity index (χ1) is 5.65. The molecule has 1 rings (SSSR count). The predicted molar refractivity (Wildman–Crippen MR) is 57.6 cm³/mol. The number of hydrogen-bond acceptors (Lipinski definition) is 3. The van der Waals surface area contributed by atoms with Gasteiger partial charge in [-0.1, -0.05) is 0 Å². The first-order valence-corrected chi connectivity index (χ1v) is 4.64. The third-order valence-corrected chi connectivity index (χ3v) is 2.32. The first kappa shape index (κ1) is 9.76. The van der Waals surface area contributed by atoms with E-state index in [0.29, 0.717) is 5.69 Å². The fourth-order valence-electron chi connectivity index (χ4n) is 0.965. The van der Waals surface area contributed by atoms with Gasteiger partial charge < -0.3 is 16.6 Å². The van der Waals surface area contributed by atoms with Gasteiger partial charge in [0.1, 0.15) is 0 Å². The van der Waals surface area contributed by atoms with Crippen molar-refractivity contribution in [3.8, 4) is 0 Å². The molecule has 1 aromatic rings. The van der Waals surface area contributed by atoms with Crippen molar-refractivity contribution >= 4 is 28.3 Å². The van der Waals surface area contributed by atoms with Gasteiger partial charge in [0.05, 0.1) is 12.6 Å². The molecule has 0 bridgehead atoms. The molecule has 0 saturated heterocycles. The van der Waals surface area contributed by atoms with E-state index in [2.05, 4.69) is 22.6 Å². The lowest BCUT2D eigenvalue weighted by atomic mass is 10.1. The number of rotatable bonds is 2. The minimum Gasteiger partial charge on any atom is -0.398 e. The molecule has 0 aliphatic carbocycles. The van der Waals surface area contributed by atoms with Crippen molar-refractivity contribution in [2.24, 2.45) is 5.73 Å². The summed E-state index contributed by atoms with van der Waals surface area (Å²) in [6.07, 6.45) is 0. The van der Waals surface area contributed by atoms with Gasteiger partial charge in [-0.3, -0.25) is 0 Å². The van der Waals surface area contributed by atoms with Gasteiger partial charge in [0.2, 0.25) is 0 Å². The van der Waals surface area contributed by atoms with Crippen LogP contribution >= 0.6 is 22.6 Å². The first-order valence-electron chi connectivity index (χ1n) is 3.56. The van der Waals surface area contributed by atoms with Crippen LogP contribution < -0.4 is 11.5 Å². The maximum absolute atomic E-state index is 8.82. The zero-order chi connectivity index (χ0) is 9.14. The molecule has 0 amide bonds. The highest BCUT2D eigenvalue weighted by molar-refractivity contribution is 14.1. The molecule has 1 aromatic carbocycles. The van der Waals surface area contributed by atoms with Crippen molar-refractivity contribution in [2.75, 3.05) is 12.3 Å². The van der Waals surface area contributed by atoms with Crippen LogP contribution in [0, 0.1) is 3.57 Å². The van der Waals surface area contributed by atoms with Crippen LogP contribution in [0.5, 0.6) is 0 Å². The number of nitrogens with two attached hydrogens (primary N) is 2. The molecular formula is C8H11IN2O. The quantitative estimate of drug-likeness (QED) is 0.555. The summed E-state index contributed by atoms with van der Waals surface area (Å²) >= 11 is 2.18. The summed E-state index contributed by atoms with van der Waals surface area (Å²) in [5.41, 5.74) is 12.7. The standard InChI is InChI=1S/C8H11IN2O/c9-5-1-2-7(10)6(3-5)8(11)4-12/h1-3,8,12H,4,10-11H2. The summed E-state index contributed by atoms with van der Waals surface area (Å²) in [6, 6.07) is 5.21. The monoisotopic (exact) mass is 278 g/mol. The Bertz CT molecular complexity index is 278. The van der Waals surface area contributed by atoms with Crippen molar-refractivity contribution in [1.82, 2.24) is 0 Å². The van der Waals surface area contributed by atoms with Crippen molar-refractivity contribution in [3.63, 3.8) is 0 Å². The van der Waals surface area contributed by atoms with Crippen LogP contribution in [0.2, 0.25) is 0 Å². The van der Waals surface area contributed by atoms with Gasteiger partial charge >= 0.3 is 0 Å². The van der Waals surface area contributed by atoms with Crippen LogP contribution in [0.4, 0.5) is 5.69 Å². The van der Waals surface area contributed by atoms with Gasteiger partial charge in [-0.25, -0.2) is 0 Å². The zero-order valence-corrected chi connectivity index (χ0v) is 8.65. The van der Waals surface area contributed by atoms with Gasteiger partial charge in [0.15, 0.2) is 0 Å². The molecule has 1 atom stereocenters. The van der Waals surface area contributed by atoms with Gasteiger partial charge in [-0.15, -0.1) is 0 Å². The summed E-state index contributed by atoms with van der Waals surface area (Å²) < 4.78 is 1.07. The van der Waals surface area contributed by atoms with E-state index in [1.54, 1.807) is 6.07 Å². The number of anilines is 1. The Morgan fingerprint density at radius 1 is 1.50 bits per heavy atom. The Balaban J connectivity index is 3.04. The van der Waals surface area contributed by atoms with Crippen LogP contribution in [0.1, 0.15) is 11.6 Å². The summed E-state index contributed by atoms with van der Waals surface area (Å²) in [5.74, 6) is 0. The molecule has 0 aliphatic heterocycles. The molecule has 0 fully saturated rings. The average molecular weight is 278 g/mol. The molecule has 12 heavy (non-hydrogen) atoms. The van der Waals surface area contributed by atoms with Crippen molar-refractivity contribution in [2.45, 2.75) is 6.04 Å². The molecule has 5 N–H and O–H groups in total. The molecule has 3 nitrogen and oxygen atoms in total. The summed E-state index contributed by atoms with van der Waals surface area (Å²) in [6.45, 7) is -0.0791. The topological polar surface area (TPSA) is 72.3 Å². The van der Waals surface area contributed by atoms with Crippen LogP contribution in [0.25, 0.3) is 0 Å². The smallest absolute Gasteiger partial charge is 0.0625 e. The van der Waals surface area contributed by atoms with E-state index in [-0.39, 0.29) is 12.6 Å². The van der Waals surface area contributed by atoms with Crippen LogP contribution in [-0.2, 0) is 0 Å². The Morgan fingerprint density at radius 2 is 2.17 bits per heavy atom. The lowest BCUT2D eigenvalue weighted by Gasteiger charge is -2.11. The Hall–Kier alpha value is -0.330. The highest BCUT2D eigenvalue weighted by Gasteiger charge is 2.07. The van der Waals surface area contributed by atoms with E-state index in [9.17, 15) is 0 Å². The van der Waals surface area contributed by atoms with E-state index in [1.807, 2.05) is 12.1 Å². The highest BCUT2D eigenvalue weighted by Crippen LogP contribution is 2.20. The lowest BCUT2D eigenvalue weighted by Crippen LogP contribution is -2.16. The summed E-state index contributed by atoms with van der Waals surface area (Å²) in [7, 11) is 0. The number of benzene rings is 1. The fourth-order valence-corrected chi connectivity index (χ4v) is 1.48. The molecule has 0 saturated carbocycles. The Morgan fingerprint density at radius 3 is 2.75 bits per heavy atom. The van der Waals surface area contributed by atoms with Crippen molar-refractivity contribution in [1.29, 1.82) is 0 Å². The van der Waals surface area contributed by atoms with Crippen LogP contribution in [0.3, 0.4) is 0 Å². The molecule has 4 heteroatoms. The molecule has 0 aromatic heterocycles. The minimum absolute atomic E-state index is 0.0791. The highest BCUT2D eigenvalue weighted by atomic mass is 127. The van der Waals surface area contributed by atoms with Gasteiger partial charge in [0, 0.05) is 9.26 Å². The number of aliphatic hydroxyl groups is 1. The van der Waals surface area contributed by atoms with E-state index in [4.69, 9.17) is 16.6 Å². The molecule has 66 valence electrons. The molecule has 0 radical (unpaired) electrons. The molecular weight excluding hydrogens is 267 g/mol.